The number of nitrogens with zero attached hydrogens (tertiary/aromatic N) is 1. The maximum Gasteiger partial charge on any atom is 0.0631 e. The van der Waals surface area contributed by atoms with Crippen molar-refractivity contribution < 1.29 is 5.11 Å². The molecular formula is C13H17NO. The van der Waals surface area contributed by atoms with Gasteiger partial charge in [-0.15, -0.1) is 0 Å². The van der Waals surface area contributed by atoms with Crippen molar-refractivity contribution in [1.82, 2.24) is 4.57 Å². The second-order valence-corrected chi connectivity index (χ2v) is 4.81. The highest BCUT2D eigenvalue weighted by Gasteiger charge is 2.13. The van der Waals surface area contributed by atoms with E-state index in [9.17, 15) is 5.11 Å². The number of fused-ring (bicyclic) bond motifs is 1. The van der Waals surface area contributed by atoms with E-state index in [1.165, 1.54) is 16.5 Å². The van der Waals surface area contributed by atoms with Gasteiger partial charge >= 0.3 is 0 Å². The zero-order chi connectivity index (χ0) is 11.1. The van der Waals surface area contributed by atoms with Crippen molar-refractivity contribution in [2.24, 2.45) is 7.05 Å². The molecule has 1 aromatic heterocycles. The van der Waals surface area contributed by atoms with Gasteiger partial charge in [-0.1, -0.05) is 6.07 Å². The van der Waals surface area contributed by atoms with Gasteiger partial charge in [0.05, 0.1) is 5.60 Å². The molecule has 2 rings (SSSR count). The van der Waals surface area contributed by atoms with Crippen LogP contribution in [0.4, 0.5) is 0 Å². The Kier molecular flexibility index (Phi) is 2.31. The molecule has 0 radical (unpaired) electrons. The predicted octanol–water partition coefficient (Wildman–Crippen LogP) is 2.49. The smallest absolute Gasteiger partial charge is 0.0631 e. The first-order valence-electron chi connectivity index (χ1n) is 5.22. The van der Waals surface area contributed by atoms with E-state index < -0.39 is 5.60 Å². The molecule has 0 atom stereocenters. The van der Waals surface area contributed by atoms with Crippen LogP contribution in [0.3, 0.4) is 0 Å². The number of hydrogen-bond acceptors (Lipinski definition) is 1. The molecule has 1 N–H and O–H groups in total. The van der Waals surface area contributed by atoms with Gasteiger partial charge in [-0.25, -0.2) is 0 Å². The first-order chi connectivity index (χ1) is 6.96. The van der Waals surface area contributed by atoms with E-state index in [1.54, 1.807) is 0 Å². The molecular weight excluding hydrogens is 186 g/mol. The standard InChI is InChI=1S/C13H17NO/c1-13(2,15)9-10-4-5-12-11(8-10)6-7-14(12)3/h4-8,15H,9H2,1-3H3. The third kappa shape index (κ3) is 2.21. The van der Waals surface area contributed by atoms with Crippen LogP contribution >= 0.6 is 0 Å². The van der Waals surface area contributed by atoms with E-state index in [0.29, 0.717) is 6.42 Å². The molecule has 2 heteroatoms. The third-order valence-corrected chi connectivity index (χ3v) is 2.59. The number of aliphatic hydroxyl groups is 1. The highest BCUT2D eigenvalue weighted by Crippen LogP contribution is 2.19. The second kappa shape index (κ2) is 3.38. The van der Waals surface area contributed by atoms with Gasteiger partial charge in [0, 0.05) is 25.2 Å². The molecule has 2 nitrogen and oxygen atoms in total. The summed E-state index contributed by atoms with van der Waals surface area (Å²) >= 11 is 0. The minimum atomic E-state index is -0.636. The van der Waals surface area contributed by atoms with Gasteiger partial charge in [0.15, 0.2) is 0 Å². The molecule has 0 aliphatic carbocycles. The van der Waals surface area contributed by atoms with E-state index in [-0.39, 0.29) is 0 Å². The highest BCUT2D eigenvalue weighted by atomic mass is 16.3. The first kappa shape index (κ1) is 10.2. The molecule has 1 aromatic carbocycles. The van der Waals surface area contributed by atoms with Crippen LogP contribution in [0.5, 0.6) is 0 Å². The number of rotatable bonds is 2. The van der Waals surface area contributed by atoms with Gasteiger partial charge < -0.3 is 9.67 Å². The van der Waals surface area contributed by atoms with E-state index >= 15 is 0 Å². The van der Waals surface area contributed by atoms with Crippen LogP contribution in [0.2, 0.25) is 0 Å². The van der Waals surface area contributed by atoms with Gasteiger partial charge in [-0.2, -0.15) is 0 Å². The molecule has 0 spiro atoms. The van der Waals surface area contributed by atoms with Crippen molar-refractivity contribution in [3.05, 3.63) is 36.0 Å². The fraction of sp³-hybridized carbons (Fsp3) is 0.385. The summed E-state index contributed by atoms with van der Waals surface area (Å²) in [4.78, 5) is 0. The molecule has 15 heavy (non-hydrogen) atoms. The van der Waals surface area contributed by atoms with Crippen molar-refractivity contribution in [2.75, 3.05) is 0 Å². The number of aryl methyl sites for hydroxylation is 1. The second-order valence-electron chi connectivity index (χ2n) is 4.81. The quantitative estimate of drug-likeness (QED) is 0.797. The molecule has 0 aliphatic rings. The lowest BCUT2D eigenvalue weighted by Gasteiger charge is -2.16. The van der Waals surface area contributed by atoms with Gasteiger partial charge in [0.1, 0.15) is 0 Å². The van der Waals surface area contributed by atoms with Crippen LogP contribution in [-0.2, 0) is 13.5 Å². The van der Waals surface area contributed by atoms with Gasteiger partial charge in [0.25, 0.3) is 0 Å². The summed E-state index contributed by atoms with van der Waals surface area (Å²) in [6.45, 7) is 3.67. The van der Waals surface area contributed by atoms with Crippen LogP contribution in [0.25, 0.3) is 10.9 Å². The topological polar surface area (TPSA) is 25.2 Å². The van der Waals surface area contributed by atoms with E-state index in [2.05, 4.69) is 35.0 Å². The SMILES string of the molecule is Cn1ccc2cc(CC(C)(C)O)ccc21. The van der Waals surface area contributed by atoms with Crippen LogP contribution < -0.4 is 0 Å². The lowest BCUT2D eigenvalue weighted by Crippen LogP contribution is -2.21. The largest absolute Gasteiger partial charge is 0.390 e. The molecule has 0 saturated heterocycles. The van der Waals surface area contributed by atoms with Crippen molar-refractivity contribution in [3.63, 3.8) is 0 Å². The van der Waals surface area contributed by atoms with E-state index in [4.69, 9.17) is 0 Å². The molecule has 0 amide bonds. The van der Waals surface area contributed by atoms with E-state index in [0.717, 1.165) is 0 Å². The van der Waals surface area contributed by atoms with Crippen LogP contribution in [0.15, 0.2) is 30.5 Å². The molecule has 0 aliphatic heterocycles. The van der Waals surface area contributed by atoms with Crippen LogP contribution in [-0.4, -0.2) is 15.3 Å². The zero-order valence-electron chi connectivity index (χ0n) is 9.49. The van der Waals surface area contributed by atoms with Crippen LogP contribution in [0.1, 0.15) is 19.4 Å². The molecule has 2 aromatic rings. The Labute approximate surface area is 90.2 Å². The zero-order valence-corrected chi connectivity index (χ0v) is 9.49. The average Bonchev–Trinajstić information content (AvgIpc) is 2.45. The lowest BCUT2D eigenvalue weighted by atomic mass is 9.98. The molecule has 0 saturated carbocycles. The number of aromatic nitrogens is 1. The normalized spacial score (nSPS) is 12.3. The maximum atomic E-state index is 9.74. The van der Waals surface area contributed by atoms with Crippen molar-refractivity contribution in [3.8, 4) is 0 Å². The molecule has 80 valence electrons. The summed E-state index contributed by atoms with van der Waals surface area (Å²) in [7, 11) is 2.04. The predicted molar refractivity (Wildman–Crippen MR) is 62.9 cm³/mol. The Morgan fingerprint density at radius 1 is 1.27 bits per heavy atom. The summed E-state index contributed by atoms with van der Waals surface area (Å²) in [6, 6.07) is 8.44. The Bertz CT molecular complexity index is 477. The molecule has 0 bridgehead atoms. The summed E-state index contributed by atoms with van der Waals surface area (Å²) < 4.78 is 2.10. The summed E-state index contributed by atoms with van der Waals surface area (Å²) in [5.41, 5.74) is 1.78. The Morgan fingerprint density at radius 3 is 2.67 bits per heavy atom. The summed E-state index contributed by atoms with van der Waals surface area (Å²) in [5.74, 6) is 0. The fourth-order valence-electron chi connectivity index (χ4n) is 1.94. The van der Waals surface area contributed by atoms with Crippen LogP contribution in [0, 0.1) is 0 Å². The fourth-order valence-corrected chi connectivity index (χ4v) is 1.94. The summed E-state index contributed by atoms with van der Waals surface area (Å²) in [5, 5.41) is 11.0. The number of benzene rings is 1. The Hall–Kier alpha value is -1.28. The number of hydrogen-bond donors (Lipinski definition) is 1. The van der Waals surface area contributed by atoms with Crippen molar-refractivity contribution in [2.45, 2.75) is 25.9 Å². The van der Waals surface area contributed by atoms with Crippen molar-refractivity contribution >= 4 is 10.9 Å². The molecule has 1 heterocycles. The van der Waals surface area contributed by atoms with Gasteiger partial charge in [-0.3, -0.25) is 0 Å². The van der Waals surface area contributed by atoms with E-state index in [1.807, 2.05) is 20.9 Å². The monoisotopic (exact) mass is 203 g/mol. The Balaban J connectivity index is 2.39. The highest BCUT2D eigenvalue weighted by molar-refractivity contribution is 5.80. The third-order valence-electron chi connectivity index (χ3n) is 2.59. The first-order valence-corrected chi connectivity index (χ1v) is 5.22. The average molecular weight is 203 g/mol. The minimum absolute atomic E-state index is 0.636. The van der Waals surface area contributed by atoms with Gasteiger partial charge in [0.2, 0.25) is 0 Å². The Morgan fingerprint density at radius 2 is 2.00 bits per heavy atom. The maximum absolute atomic E-state index is 9.74. The van der Waals surface area contributed by atoms with Gasteiger partial charge in [-0.05, 0) is 43.0 Å². The molecule has 0 fully saturated rings. The summed E-state index contributed by atoms with van der Waals surface area (Å²) in [6.07, 6.45) is 2.75. The molecule has 0 unspecified atom stereocenters. The lowest BCUT2D eigenvalue weighted by molar-refractivity contribution is 0.0810. The minimum Gasteiger partial charge on any atom is -0.390 e. The van der Waals surface area contributed by atoms with Crippen molar-refractivity contribution in [1.29, 1.82) is 0 Å².